The van der Waals surface area contributed by atoms with E-state index >= 15 is 0 Å². The average Bonchev–Trinajstić information content (AvgIpc) is 2.58. The molecule has 0 saturated heterocycles. The number of hydrogen-bond acceptors (Lipinski definition) is 1. The fourth-order valence-corrected chi connectivity index (χ4v) is 5.62. The molecule has 0 saturated carbocycles. The molecule has 0 heterocycles. The zero-order valence-corrected chi connectivity index (χ0v) is 23.1. The lowest BCUT2D eigenvalue weighted by molar-refractivity contribution is 0.272. The van der Waals surface area contributed by atoms with Gasteiger partial charge in [0, 0.05) is 13.6 Å². The molecule has 1 atom stereocenters. The molecule has 0 aromatic heterocycles. The topological polar surface area (TPSA) is 26.0 Å². The lowest BCUT2D eigenvalue weighted by atomic mass is 9.81. The molecular formula is C26H58ClNSi. The van der Waals surface area contributed by atoms with Gasteiger partial charge in [-0.1, -0.05) is 129 Å². The highest BCUT2D eigenvalue weighted by atomic mass is 35.5. The summed E-state index contributed by atoms with van der Waals surface area (Å²) >= 11 is 0. The summed E-state index contributed by atoms with van der Waals surface area (Å²) < 4.78 is 0. The number of rotatable bonds is 20. The summed E-state index contributed by atoms with van der Waals surface area (Å²) in [7, 11) is -0.897. The zero-order valence-electron chi connectivity index (χ0n) is 21.3. The maximum absolute atomic E-state index is 6.50. The van der Waals surface area contributed by atoms with E-state index in [1.54, 1.807) is 0 Å². The van der Waals surface area contributed by atoms with E-state index in [0.717, 1.165) is 0 Å². The maximum Gasteiger partial charge on any atom is 0.0442 e. The van der Waals surface area contributed by atoms with Crippen LogP contribution in [0.1, 0.15) is 130 Å². The van der Waals surface area contributed by atoms with Crippen LogP contribution < -0.4 is 5.73 Å². The van der Waals surface area contributed by atoms with E-state index in [2.05, 4.69) is 40.4 Å². The van der Waals surface area contributed by atoms with Gasteiger partial charge in [0.1, 0.15) is 0 Å². The predicted molar refractivity (Wildman–Crippen MR) is 141 cm³/mol. The van der Waals surface area contributed by atoms with Gasteiger partial charge in [0.15, 0.2) is 0 Å². The van der Waals surface area contributed by atoms with Crippen molar-refractivity contribution < 1.29 is 0 Å². The fraction of sp³-hybridized carbons (Fsp3) is 1.00. The molecule has 1 unspecified atom stereocenters. The second kappa shape index (κ2) is 19.2. The highest BCUT2D eigenvalue weighted by molar-refractivity contribution is 6.76. The van der Waals surface area contributed by atoms with Crippen LogP contribution in [0.25, 0.3) is 0 Å². The van der Waals surface area contributed by atoms with Gasteiger partial charge in [-0.15, -0.1) is 12.4 Å². The van der Waals surface area contributed by atoms with Gasteiger partial charge < -0.3 is 5.73 Å². The third kappa shape index (κ3) is 23.0. The van der Waals surface area contributed by atoms with Gasteiger partial charge in [0.05, 0.1) is 0 Å². The molecular weight excluding hydrogens is 390 g/mol. The highest BCUT2D eigenvalue weighted by Gasteiger charge is 2.25. The van der Waals surface area contributed by atoms with E-state index in [1.807, 2.05) is 0 Å². The standard InChI is InChI=1S/C26H57NSi.ClH/c1-7-8-9-10-11-12-13-14-15-16-17-18-19-20-22-25(26(2,3)27)23-21-24-28(4,5)6;/h25H,7-24,27H2,1-6H3;1H. The lowest BCUT2D eigenvalue weighted by Gasteiger charge is -2.31. The molecule has 0 aromatic carbocycles. The Morgan fingerprint density at radius 3 is 1.31 bits per heavy atom. The molecule has 0 radical (unpaired) electrons. The van der Waals surface area contributed by atoms with Crippen LogP contribution in [-0.4, -0.2) is 13.6 Å². The van der Waals surface area contributed by atoms with Gasteiger partial charge >= 0.3 is 0 Å². The Morgan fingerprint density at radius 1 is 0.621 bits per heavy atom. The Morgan fingerprint density at radius 2 is 0.966 bits per heavy atom. The molecule has 0 aliphatic carbocycles. The van der Waals surface area contributed by atoms with Crippen molar-refractivity contribution in [1.82, 2.24) is 0 Å². The van der Waals surface area contributed by atoms with E-state index in [0.29, 0.717) is 5.92 Å². The molecule has 0 rings (SSSR count). The second-order valence-corrected chi connectivity index (χ2v) is 17.0. The third-order valence-electron chi connectivity index (χ3n) is 6.44. The van der Waals surface area contributed by atoms with E-state index in [4.69, 9.17) is 5.73 Å². The fourth-order valence-electron chi connectivity index (χ4n) is 4.35. The Hall–Kier alpha value is 0.467. The van der Waals surface area contributed by atoms with Crippen molar-refractivity contribution in [1.29, 1.82) is 0 Å². The summed E-state index contributed by atoms with van der Waals surface area (Å²) in [5, 5.41) is 0. The normalized spacial score (nSPS) is 13.3. The number of unbranched alkanes of at least 4 members (excludes halogenated alkanes) is 13. The Kier molecular flexibility index (Phi) is 20.9. The summed E-state index contributed by atoms with van der Waals surface area (Å²) in [4.78, 5) is 0. The third-order valence-corrected chi connectivity index (χ3v) is 8.29. The SMILES string of the molecule is CCCCCCCCCCCCCCCCC(CCC[Si](C)(C)C)C(C)(C)N.Cl. The van der Waals surface area contributed by atoms with Crippen LogP contribution >= 0.6 is 12.4 Å². The van der Waals surface area contributed by atoms with Crippen molar-refractivity contribution in [2.45, 2.75) is 161 Å². The first-order valence-electron chi connectivity index (χ1n) is 13.0. The molecule has 178 valence electrons. The molecule has 0 amide bonds. The smallest absolute Gasteiger partial charge is 0.0442 e. The molecule has 2 N–H and O–H groups in total. The largest absolute Gasteiger partial charge is 0.325 e. The van der Waals surface area contributed by atoms with Gasteiger partial charge in [0.25, 0.3) is 0 Å². The van der Waals surface area contributed by atoms with Crippen molar-refractivity contribution in [3.8, 4) is 0 Å². The monoisotopic (exact) mass is 447 g/mol. The van der Waals surface area contributed by atoms with Crippen LogP contribution in [0, 0.1) is 5.92 Å². The highest BCUT2D eigenvalue weighted by Crippen LogP contribution is 2.28. The average molecular weight is 448 g/mol. The van der Waals surface area contributed by atoms with Gasteiger partial charge in [-0.3, -0.25) is 0 Å². The summed E-state index contributed by atoms with van der Waals surface area (Å²) in [6.45, 7) is 14.3. The van der Waals surface area contributed by atoms with E-state index < -0.39 is 8.07 Å². The van der Waals surface area contributed by atoms with Gasteiger partial charge in [-0.05, 0) is 32.6 Å². The molecule has 0 aliphatic rings. The summed E-state index contributed by atoms with van der Waals surface area (Å²) in [6.07, 6.45) is 24.3. The molecule has 0 fully saturated rings. The van der Waals surface area contributed by atoms with Crippen molar-refractivity contribution in [2.24, 2.45) is 11.7 Å². The van der Waals surface area contributed by atoms with Crippen LogP contribution in [0.4, 0.5) is 0 Å². The summed E-state index contributed by atoms with van der Waals surface area (Å²) in [5.74, 6) is 0.709. The maximum atomic E-state index is 6.50. The Labute approximate surface area is 193 Å². The molecule has 0 spiro atoms. The minimum Gasteiger partial charge on any atom is -0.325 e. The number of hydrogen-bond donors (Lipinski definition) is 1. The van der Waals surface area contributed by atoms with E-state index in [-0.39, 0.29) is 17.9 Å². The molecule has 0 aromatic rings. The minimum absolute atomic E-state index is 0. The van der Waals surface area contributed by atoms with Crippen molar-refractivity contribution in [3.63, 3.8) is 0 Å². The lowest BCUT2D eigenvalue weighted by Crippen LogP contribution is -2.41. The Bertz CT molecular complexity index is 333. The van der Waals surface area contributed by atoms with Gasteiger partial charge in [-0.2, -0.15) is 0 Å². The van der Waals surface area contributed by atoms with Crippen LogP contribution in [0.2, 0.25) is 25.7 Å². The van der Waals surface area contributed by atoms with Crippen LogP contribution in [0.3, 0.4) is 0 Å². The number of halogens is 1. The Balaban J connectivity index is 0. The summed E-state index contributed by atoms with van der Waals surface area (Å²) in [5.41, 5.74) is 6.49. The first kappa shape index (κ1) is 31.7. The minimum atomic E-state index is -0.897. The van der Waals surface area contributed by atoms with Crippen molar-refractivity contribution in [2.75, 3.05) is 0 Å². The molecule has 1 nitrogen and oxygen atoms in total. The van der Waals surface area contributed by atoms with Crippen molar-refractivity contribution >= 4 is 20.5 Å². The van der Waals surface area contributed by atoms with Gasteiger partial charge in [0.2, 0.25) is 0 Å². The van der Waals surface area contributed by atoms with Crippen LogP contribution in [0.5, 0.6) is 0 Å². The first-order valence-corrected chi connectivity index (χ1v) is 16.7. The van der Waals surface area contributed by atoms with Crippen molar-refractivity contribution in [3.05, 3.63) is 0 Å². The quantitative estimate of drug-likeness (QED) is 0.146. The van der Waals surface area contributed by atoms with Crippen LogP contribution in [-0.2, 0) is 0 Å². The van der Waals surface area contributed by atoms with E-state index in [9.17, 15) is 0 Å². The zero-order chi connectivity index (χ0) is 21.3. The summed E-state index contributed by atoms with van der Waals surface area (Å²) in [6, 6.07) is 1.46. The molecule has 3 heteroatoms. The van der Waals surface area contributed by atoms with Crippen LogP contribution in [0.15, 0.2) is 0 Å². The predicted octanol–water partition coefficient (Wildman–Crippen LogP) is 9.75. The van der Waals surface area contributed by atoms with Gasteiger partial charge in [-0.25, -0.2) is 0 Å². The molecule has 29 heavy (non-hydrogen) atoms. The second-order valence-electron chi connectivity index (χ2n) is 11.4. The number of nitrogens with two attached hydrogens (primary N) is 1. The molecule has 0 bridgehead atoms. The van der Waals surface area contributed by atoms with E-state index in [1.165, 1.54) is 115 Å². The first-order chi connectivity index (χ1) is 13.2. The molecule has 0 aliphatic heterocycles.